The molecule has 0 N–H and O–H groups in total. The summed E-state index contributed by atoms with van der Waals surface area (Å²) in [6, 6.07) is 7.01. The number of halogens is 2. The molecule has 1 aromatic carbocycles. The smallest absolute Gasteiger partial charge is 0.256 e. The maximum atomic E-state index is 11.8. The highest BCUT2D eigenvalue weighted by atomic mass is 79.9. The lowest BCUT2D eigenvalue weighted by molar-refractivity contribution is 0.0812. The molecule has 15 heavy (non-hydrogen) atoms. The van der Waals surface area contributed by atoms with Gasteiger partial charge in [-0.2, -0.15) is 5.26 Å². The average molecular weight is 288 g/mol. The van der Waals surface area contributed by atoms with Crippen molar-refractivity contribution in [2.45, 2.75) is 0 Å². The van der Waals surface area contributed by atoms with Crippen molar-refractivity contribution >= 4 is 33.4 Å². The molecule has 0 aromatic heterocycles. The fourth-order valence-corrected chi connectivity index (χ4v) is 1.63. The van der Waals surface area contributed by atoms with Crippen LogP contribution in [0.2, 0.25) is 5.02 Å². The third kappa shape index (κ3) is 2.71. The average Bonchev–Trinajstić information content (AvgIpc) is 2.21. The van der Waals surface area contributed by atoms with Crippen LogP contribution in [0.4, 0.5) is 0 Å². The minimum atomic E-state index is -0.261. The maximum Gasteiger partial charge on any atom is 0.256 e. The molecule has 0 fully saturated rings. The Labute approximate surface area is 101 Å². The molecule has 1 aromatic rings. The van der Waals surface area contributed by atoms with Crippen LogP contribution in [0.15, 0.2) is 22.7 Å². The van der Waals surface area contributed by atoms with E-state index in [-0.39, 0.29) is 12.5 Å². The van der Waals surface area contributed by atoms with Crippen LogP contribution in [0.5, 0.6) is 0 Å². The summed E-state index contributed by atoms with van der Waals surface area (Å²) in [6.45, 7) is 0.0433. The van der Waals surface area contributed by atoms with Crippen LogP contribution in [-0.4, -0.2) is 24.4 Å². The first-order chi connectivity index (χ1) is 7.07. The van der Waals surface area contributed by atoms with Crippen LogP contribution in [-0.2, 0) is 0 Å². The zero-order valence-electron chi connectivity index (χ0n) is 8.00. The van der Waals surface area contributed by atoms with Gasteiger partial charge in [-0.3, -0.25) is 4.79 Å². The Bertz CT molecular complexity index is 428. The fourth-order valence-electron chi connectivity index (χ4n) is 1.05. The number of carbonyl (C=O) groups excluding carboxylic acids is 1. The van der Waals surface area contributed by atoms with E-state index in [0.717, 1.165) is 0 Å². The molecule has 0 radical (unpaired) electrons. The lowest BCUT2D eigenvalue weighted by Crippen LogP contribution is -2.27. The van der Waals surface area contributed by atoms with E-state index in [0.29, 0.717) is 15.1 Å². The fraction of sp³-hybridized carbons (Fsp3) is 0.200. The van der Waals surface area contributed by atoms with Crippen molar-refractivity contribution in [3.63, 3.8) is 0 Å². The third-order valence-electron chi connectivity index (χ3n) is 1.84. The molecule has 0 heterocycles. The Morgan fingerprint density at radius 3 is 2.93 bits per heavy atom. The van der Waals surface area contributed by atoms with Gasteiger partial charge in [0.05, 0.1) is 16.7 Å². The second-order valence-electron chi connectivity index (χ2n) is 2.92. The van der Waals surface area contributed by atoms with E-state index < -0.39 is 0 Å². The molecule has 0 aliphatic rings. The van der Waals surface area contributed by atoms with E-state index in [1.165, 1.54) is 4.90 Å². The van der Waals surface area contributed by atoms with Crippen molar-refractivity contribution in [1.82, 2.24) is 4.90 Å². The predicted octanol–water partition coefficient (Wildman–Crippen LogP) is 2.70. The van der Waals surface area contributed by atoms with Crippen LogP contribution >= 0.6 is 27.5 Å². The SMILES string of the molecule is CN(CC#N)C(=O)c1cccc(Br)c1Cl. The highest BCUT2D eigenvalue weighted by Crippen LogP contribution is 2.26. The predicted molar refractivity (Wildman–Crippen MR) is 61.7 cm³/mol. The molecule has 0 unspecified atom stereocenters. The van der Waals surface area contributed by atoms with Crippen molar-refractivity contribution in [2.24, 2.45) is 0 Å². The van der Waals surface area contributed by atoms with Crippen molar-refractivity contribution in [3.05, 3.63) is 33.3 Å². The largest absolute Gasteiger partial charge is 0.328 e. The molecule has 1 amide bonds. The zero-order valence-corrected chi connectivity index (χ0v) is 10.3. The molecular weight excluding hydrogens is 279 g/mol. The molecule has 78 valence electrons. The van der Waals surface area contributed by atoms with Gasteiger partial charge in [0.15, 0.2) is 0 Å². The van der Waals surface area contributed by atoms with Gasteiger partial charge in [-0.15, -0.1) is 0 Å². The van der Waals surface area contributed by atoms with Gasteiger partial charge in [-0.1, -0.05) is 17.7 Å². The van der Waals surface area contributed by atoms with Gasteiger partial charge in [0.25, 0.3) is 5.91 Å². The van der Waals surface area contributed by atoms with Gasteiger partial charge in [-0.05, 0) is 28.1 Å². The first-order valence-corrected chi connectivity index (χ1v) is 5.31. The molecule has 0 saturated carbocycles. The second kappa shape index (κ2) is 5.15. The first-order valence-electron chi connectivity index (χ1n) is 4.14. The Kier molecular flexibility index (Phi) is 4.13. The van der Waals surface area contributed by atoms with E-state index >= 15 is 0 Å². The summed E-state index contributed by atoms with van der Waals surface area (Å²) in [5.74, 6) is -0.261. The number of nitriles is 1. The molecule has 0 aliphatic carbocycles. The number of carbonyl (C=O) groups is 1. The molecule has 0 atom stereocenters. The van der Waals surface area contributed by atoms with E-state index in [1.54, 1.807) is 25.2 Å². The molecule has 0 bridgehead atoms. The summed E-state index contributed by atoms with van der Waals surface area (Å²) in [7, 11) is 1.56. The van der Waals surface area contributed by atoms with E-state index in [2.05, 4.69) is 15.9 Å². The van der Waals surface area contributed by atoms with E-state index in [9.17, 15) is 4.79 Å². The monoisotopic (exact) mass is 286 g/mol. The van der Waals surface area contributed by atoms with E-state index in [4.69, 9.17) is 16.9 Å². The number of rotatable bonds is 2. The Morgan fingerprint density at radius 1 is 1.67 bits per heavy atom. The molecule has 5 heteroatoms. The van der Waals surface area contributed by atoms with Gasteiger partial charge >= 0.3 is 0 Å². The van der Waals surface area contributed by atoms with Crippen LogP contribution < -0.4 is 0 Å². The number of benzene rings is 1. The molecule has 0 spiro atoms. The second-order valence-corrected chi connectivity index (χ2v) is 4.15. The number of nitrogens with zero attached hydrogens (tertiary/aromatic N) is 2. The van der Waals surface area contributed by atoms with Gasteiger partial charge in [0.1, 0.15) is 6.54 Å². The van der Waals surface area contributed by atoms with Crippen molar-refractivity contribution in [2.75, 3.05) is 13.6 Å². The topological polar surface area (TPSA) is 44.1 Å². The normalized spacial score (nSPS) is 9.47. The molecular formula is C10H8BrClN2O. The highest BCUT2D eigenvalue weighted by Gasteiger charge is 2.15. The van der Waals surface area contributed by atoms with Gasteiger partial charge in [0.2, 0.25) is 0 Å². The highest BCUT2D eigenvalue weighted by molar-refractivity contribution is 9.10. The van der Waals surface area contributed by atoms with Crippen LogP contribution in [0.1, 0.15) is 10.4 Å². The zero-order chi connectivity index (χ0) is 11.4. The number of hydrogen-bond acceptors (Lipinski definition) is 2. The van der Waals surface area contributed by atoms with Crippen LogP contribution in [0, 0.1) is 11.3 Å². The summed E-state index contributed by atoms with van der Waals surface area (Å²) in [5, 5.41) is 8.84. The van der Waals surface area contributed by atoms with Crippen molar-refractivity contribution < 1.29 is 4.79 Å². The molecule has 3 nitrogen and oxygen atoms in total. The minimum absolute atomic E-state index is 0.0433. The van der Waals surface area contributed by atoms with Crippen LogP contribution in [0.25, 0.3) is 0 Å². The summed E-state index contributed by atoms with van der Waals surface area (Å²) in [6.07, 6.45) is 0. The summed E-state index contributed by atoms with van der Waals surface area (Å²) < 4.78 is 0.667. The molecule has 1 rings (SSSR count). The molecule has 0 aliphatic heterocycles. The number of hydrogen-bond donors (Lipinski definition) is 0. The number of amides is 1. The molecule has 0 saturated heterocycles. The lowest BCUT2D eigenvalue weighted by Gasteiger charge is -2.14. The minimum Gasteiger partial charge on any atom is -0.328 e. The lowest BCUT2D eigenvalue weighted by atomic mass is 10.2. The van der Waals surface area contributed by atoms with Crippen molar-refractivity contribution in [1.29, 1.82) is 5.26 Å². The third-order valence-corrected chi connectivity index (χ3v) is 3.13. The summed E-state index contributed by atoms with van der Waals surface area (Å²) >= 11 is 9.19. The maximum absolute atomic E-state index is 11.8. The van der Waals surface area contributed by atoms with Gasteiger partial charge in [-0.25, -0.2) is 0 Å². The van der Waals surface area contributed by atoms with Crippen molar-refractivity contribution in [3.8, 4) is 6.07 Å². The summed E-state index contributed by atoms with van der Waals surface area (Å²) in [4.78, 5) is 13.1. The Morgan fingerprint density at radius 2 is 2.33 bits per heavy atom. The van der Waals surface area contributed by atoms with E-state index in [1.807, 2.05) is 6.07 Å². The van der Waals surface area contributed by atoms with Crippen LogP contribution in [0.3, 0.4) is 0 Å². The van der Waals surface area contributed by atoms with Gasteiger partial charge < -0.3 is 4.90 Å². The first kappa shape index (κ1) is 12.0. The quantitative estimate of drug-likeness (QED) is 0.785. The standard InChI is InChI=1S/C10H8BrClN2O/c1-14(6-5-13)10(15)7-3-2-4-8(11)9(7)12/h2-4H,6H2,1H3. The Balaban J connectivity index is 3.02. The Hall–Kier alpha value is -1.05. The van der Waals surface area contributed by atoms with Gasteiger partial charge in [0, 0.05) is 11.5 Å². The summed E-state index contributed by atoms with van der Waals surface area (Å²) in [5.41, 5.74) is 0.392.